The summed E-state index contributed by atoms with van der Waals surface area (Å²) in [4.78, 5) is 3.32. The van der Waals surface area contributed by atoms with Gasteiger partial charge in [-0.15, -0.1) is 0 Å². The van der Waals surface area contributed by atoms with Gasteiger partial charge in [-0.25, -0.2) is 4.39 Å². The van der Waals surface area contributed by atoms with Crippen LogP contribution in [0.1, 0.15) is 17.3 Å². The fourth-order valence-corrected chi connectivity index (χ4v) is 1.93. The lowest BCUT2D eigenvalue weighted by Gasteiger charge is -1.93. The molecular formula is C11H11FN2. The Morgan fingerprint density at radius 3 is 2.93 bits per heavy atom. The molecule has 0 radical (unpaired) electrons. The highest BCUT2D eigenvalue weighted by molar-refractivity contribution is 5.84. The summed E-state index contributed by atoms with van der Waals surface area (Å²) in [6.07, 6.45) is 0. The maximum absolute atomic E-state index is 13.0. The monoisotopic (exact) mass is 190 g/mol. The molecule has 72 valence electrons. The molecule has 1 fully saturated rings. The van der Waals surface area contributed by atoms with Crippen molar-refractivity contribution < 1.29 is 4.39 Å². The summed E-state index contributed by atoms with van der Waals surface area (Å²) in [5.41, 5.74) is 3.38. The molecular weight excluding hydrogens is 179 g/mol. The summed E-state index contributed by atoms with van der Waals surface area (Å²) >= 11 is 0. The van der Waals surface area contributed by atoms with Crippen LogP contribution in [-0.2, 0) is 0 Å². The molecule has 1 aromatic heterocycles. The van der Waals surface area contributed by atoms with Crippen LogP contribution in [0, 0.1) is 12.7 Å². The first-order valence-corrected chi connectivity index (χ1v) is 4.77. The summed E-state index contributed by atoms with van der Waals surface area (Å²) in [7, 11) is 0. The summed E-state index contributed by atoms with van der Waals surface area (Å²) in [6.45, 7) is 3.06. The van der Waals surface area contributed by atoms with Crippen LogP contribution in [0.15, 0.2) is 18.2 Å². The van der Waals surface area contributed by atoms with E-state index in [1.807, 2.05) is 6.92 Å². The number of hydrogen-bond acceptors (Lipinski definition) is 1. The van der Waals surface area contributed by atoms with Crippen LogP contribution in [0.2, 0.25) is 0 Å². The molecule has 14 heavy (non-hydrogen) atoms. The van der Waals surface area contributed by atoms with E-state index in [9.17, 15) is 4.39 Å². The average molecular weight is 190 g/mol. The highest BCUT2D eigenvalue weighted by atomic mass is 19.1. The zero-order valence-electron chi connectivity index (χ0n) is 7.89. The Morgan fingerprint density at radius 2 is 2.21 bits per heavy atom. The van der Waals surface area contributed by atoms with Crippen molar-refractivity contribution in [2.45, 2.75) is 13.0 Å². The summed E-state index contributed by atoms with van der Waals surface area (Å²) in [5.74, 6) is -0.171. The predicted molar refractivity (Wildman–Crippen MR) is 53.7 cm³/mol. The number of hydrogen-bond donors (Lipinski definition) is 2. The Bertz CT molecular complexity index is 497. The largest absolute Gasteiger partial charge is 0.357 e. The number of aryl methyl sites for hydroxylation is 1. The smallest absolute Gasteiger partial charge is 0.123 e. The molecule has 3 heteroatoms. The molecule has 0 spiro atoms. The Kier molecular flexibility index (Phi) is 1.47. The fourth-order valence-electron chi connectivity index (χ4n) is 1.93. The lowest BCUT2D eigenvalue weighted by Crippen LogP contribution is -1.86. The Morgan fingerprint density at radius 1 is 1.43 bits per heavy atom. The molecule has 1 aromatic carbocycles. The van der Waals surface area contributed by atoms with Crippen molar-refractivity contribution in [2.75, 3.05) is 6.54 Å². The van der Waals surface area contributed by atoms with E-state index in [-0.39, 0.29) is 5.82 Å². The third-order valence-corrected chi connectivity index (χ3v) is 2.82. The summed E-state index contributed by atoms with van der Waals surface area (Å²) in [6, 6.07) is 5.32. The summed E-state index contributed by atoms with van der Waals surface area (Å²) in [5, 5.41) is 4.24. The van der Waals surface area contributed by atoms with Gasteiger partial charge in [0.15, 0.2) is 0 Å². The molecule has 0 amide bonds. The normalized spacial score (nSPS) is 20.3. The van der Waals surface area contributed by atoms with Crippen molar-refractivity contribution in [3.63, 3.8) is 0 Å². The minimum absolute atomic E-state index is 0.171. The standard InChI is InChI=1S/C11H11FN2/c1-6-8-4-7(12)2-3-9(8)14-11(6)10-5-13-10/h2-4,10,13-14H,5H2,1H3/t10-/m1/s1. The van der Waals surface area contributed by atoms with E-state index in [2.05, 4.69) is 10.3 Å². The van der Waals surface area contributed by atoms with E-state index in [1.165, 1.54) is 11.8 Å². The van der Waals surface area contributed by atoms with Crippen LogP contribution in [0.5, 0.6) is 0 Å². The lowest BCUT2D eigenvalue weighted by molar-refractivity contribution is 0.629. The minimum atomic E-state index is -0.171. The van der Waals surface area contributed by atoms with E-state index in [4.69, 9.17) is 0 Å². The van der Waals surface area contributed by atoms with Crippen molar-refractivity contribution in [1.82, 2.24) is 10.3 Å². The first-order chi connectivity index (χ1) is 6.75. The van der Waals surface area contributed by atoms with Crippen molar-refractivity contribution >= 4 is 10.9 Å². The van der Waals surface area contributed by atoms with Crippen molar-refractivity contribution in [1.29, 1.82) is 0 Å². The van der Waals surface area contributed by atoms with Gasteiger partial charge in [0, 0.05) is 23.1 Å². The van der Waals surface area contributed by atoms with E-state index in [0.717, 1.165) is 23.0 Å². The van der Waals surface area contributed by atoms with E-state index in [0.29, 0.717) is 6.04 Å². The molecule has 0 saturated carbocycles. The van der Waals surface area contributed by atoms with Crippen molar-refractivity contribution in [2.24, 2.45) is 0 Å². The minimum Gasteiger partial charge on any atom is -0.357 e. The fraction of sp³-hybridized carbons (Fsp3) is 0.273. The van der Waals surface area contributed by atoms with Gasteiger partial charge in [-0.3, -0.25) is 0 Å². The molecule has 2 aromatic rings. The van der Waals surface area contributed by atoms with Gasteiger partial charge in [-0.05, 0) is 30.7 Å². The number of halogens is 1. The molecule has 1 aliphatic rings. The molecule has 0 unspecified atom stereocenters. The number of benzene rings is 1. The summed E-state index contributed by atoms with van der Waals surface area (Å²) < 4.78 is 13.0. The maximum atomic E-state index is 13.0. The number of H-pyrrole nitrogens is 1. The molecule has 2 heterocycles. The van der Waals surface area contributed by atoms with Crippen LogP contribution in [0.4, 0.5) is 4.39 Å². The topological polar surface area (TPSA) is 37.7 Å². The Labute approximate surface area is 81.1 Å². The van der Waals surface area contributed by atoms with Gasteiger partial charge in [0.2, 0.25) is 0 Å². The zero-order chi connectivity index (χ0) is 9.71. The van der Waals surface area contributed by atoms with Gasteiger partial charge in [-0.1, -0.05) is 0 Å². The number of aromatic amines is 1. The van der Waals surface area contributed by atoms with Crippen LogP contribution in [-0.4, -0.2) is 11.5 Å². The SMILES string of the molecule is Cc1c([C@H]2CN2)[nH]c2ccc(F)cc12. The van der Waals surface area contributed by atoms with E-state index < -0.39 is 0 Å². The Balaban J connectivity index is 2.29. The quantitative estimate of drug-likeness (QED) is 0.665. The second-order valence-electron chi connectivity index (χ2n) is 3.81. The number of fused-ring (bicyclic) bond motifs is 1. The lowest BCUT2D eigenvalue weighted by atomic mass is 10.1. The predicted octanol–water partition coefficient (Wildman–Crippen LogP) is 2.26. The number of aromatic nitrogens is 1. The molecule has 0 bridgehead atoms. The Hall–Kier alpha value is -1.35. The second kappa shape index (κ2) is 2.58. The zero-order valence-corrected chi connectivity index (χ0v) is 7.89. The molecule has 3 rings (SSSR count). The molecule has 2 N–H and O–H groups in total. The van der Waals surface area contributed by atoms with Gasteiger partial charge >= 0.3 is 0 Å². The first-order valence-electron chi connectivity index (χ1n) is 4.77. The average Bonchev–Trinajstić information content (AvgIpc) is 2.95. The van der Waals surface area contributed by atoms with Crippen LogP contribution in [0.3, 0.4) is 0 Å². The van der Waals surface area contributed by atoms with Gasteiger partial charge in [0.1, 0.15) is 5.82 Å². The number of nitrogens with one attached hydrogen (secondary N) is 2. The van der Waals surface area contributed by atoms with Gasteiger partial charge in [0.25, 0.3) is 0 Å². The molecule has 1 atom stereocenters. The first kappa shape index (κ1) is 8.00. The van der Waals surface area contributed by atoms with Crippen LogP contribution >= 0.6 is 0 Å². The van der Waals surface area contributed by atoms with Crippen LogP contribution in [0.25, 0.3) is 10.9 Å². The van der Waals surface area contributed by atoms with E-state index >= 15 is 0 Å². The molecule has 0 aliphatic carbocycles. The van der Waals surface area contributed by atoms with Crippen molar-refractivity contribution in [3.8, 4) is 0 Å². The third-order valence-electron chi connectivity index (χ3n) is 2.82. The molecule has 1 saturated heterocycles. The highest BCUT2D eigenvalue weighted by Gasteiger charge is 2.26. The van der Waals surface area contributed by atoms with Crippen LogP contribution < -0.4 is 5.32 Å². The molecule has 1 aliphatic heterocycles. The second-order valence-corrected chi connectivity index (χ2v) is 3.81. The van der Waals surface area contributed by atoms with Gasteiger partial charge < -0.3 is 10.3 Å². The van der Waals surface area contributed by atoms with Gasteiger partial charge in [-0.2, -0.15) is 0 Å². The molecule has 2 nitrogen and oxygen atoms in total. The van der Waals surface area contributed by atoms with E-state index in [1.54, 1.807) is 12.1 Å². The number of rotatable bonds is 1. The highest BCUT2D eigenvalue weighted by Crippen LogP contribution is 2.30. The van der Waals surface area contributed by atoms with Gasteiger partial charge in [0.05, 0.1) is 6.04 Å². The maximum Gasteiger partial charge on any atom is 0.123 e. The third kappa shape index (κ3) is 1.06. The van der Waals surface area contributed by atoms with Crippen molar-refractivity contribution in [3.05, 3.63) is 35.3 Å².